The summed E-state index contributed by atoms with van der Waals surface area (Å²) in [5, 5.41) is 20.2. The first-order valence-electron chi connectivity index (χ1n) is 5.86. The molecule has 102 valence electrons. The number of carboxylic acids is 1. The molecule has 1 saturated heterocycles. The summed E-state index contributed by atoms with van der Waals surface area (Å²) in [5.41, 5.74) is -0.635. The maximum Gasteiger partial charge on any atom is 0.327 e. The largest absolute Gasteiger partial charge is 0.480 e. The van der Waals surface area contributed by atoms with Crippen molar-refractivity contribution >= 4 is 17.3 Å². The van der Waals surface area contributed by atoms with Gasteiger partial charge in [-0.1, -0.05) is 13.0 Å². The van der Waals surface area contributed by atoms with Gasteiger partial charge in [-0.15, -0.1) is 0 Å². The van der Waals surface area contributed by atoms with E-state index in [2.05, 4.69) is 0 Å². The fourth-order valence-corrected chi connectivity index (χ4v) is 2.51. The normalized spacial score (nSPS) is 22.5. The van der Waals surface area contributed by atoms with Gasteiger partial charge in [-0.2, -0.15) is 4.39 Å². The monoisotopic (exact) mass is 268 g/mol. The predicted octanol–water partition coefficient (Wildman–Crippen LogP) is 2.03. The van der Waals surface area contributed by atoms with Crippen LogP contribution in [0.3, 0.4) is 0 Å². The Balaban J connectivity index is 2.50. The summed E-state index contributed by atoms with van der Waals surface area (Å²) in [6.45, 7) is 2.13. The SMILES string of the molecule is CC1CCN(c2cccc(F)c2[N+](=O)[O-])C1C(=O)O. The zero-order chi connectivity index (χ0) is 14.2. The van der Waals surface area contributed by atoms with E-state index < -0.39 is 28.4 Å². The molecule has 7 heteroatoms. The van der Waals surface area contributed by atoms with Gasteiger partial charge in [0.05, 0.1) is 4.92 Å². The molecule has 1 aromatic carbocycles. The van der Waals surface area contributed by atoms with E-state index in [-0.39, 0.29) is 11.6 Å². The van der Waals surface area contributed by atoms with E-state index >= 15 is 0 Å². The molecule has 0 amide bonds. The minimum absolute atomic E-state index is 0.0294. The molecular formula is C12H13FN2O4. The Kier molecular flexibility index (Phi) is 3.37. The summed E-state index contributed by atoms with van der Waals surface area (Å²) in [6, 6.07) is 2.87. The quantitative estimate of drug-likeness (QED) is 0.669. The Labute approximate surface area is 108 Å². The maximum atomic E-state index is 13.6. The lowest BCUT2D eigenvalue weighted by molar-refractivity contribution is -0.386. The molecule has 1 heterocycles. The van der Waals surface area contributed by atoms with Crippen LogP contribution in [0.5, 0.6) is 0 Å². The number of nitrogens with zero attached hydrogens (tertiary/aromatic N) is 2. The lowest BCUT2D eigenvalue weighted by Crippen LogP contribution is -2.39. The third-order valence-corrected chi connectivity index (χ3v) is 3.41. The van der Waals surface area contributed by atoms with Gasteiger partial charge in [-0.05, 0) is 24.5 Å². The van der Waals surface area contributed by atoms with Gasteiger partial charge >= 0.3 is 11.7 Å². The van der Waals surface area contributed by atoms with Gasteiger partial charge < -0.3 is 10.0 Å². The van der Waals surface area contributed by atoms with Crippen molar-refractivity contribution in [1.29, 1.82) is 0 Å². The Morgan fingerprint density at radius 3 is 2.84 bits per heavy atom. The van der Waals surface area contributed by atoms with Gasteiger partial charge in [-0.3, -0.25) is 10.1 Å². The fraction of sp³-hybridized carbons (Fsp3) is 0.417. The third kappa shape index (κ3) is 2.23. The third-order valence-electron chi connectivity index (χ3n) is 3.41. The van der Waals surface area contributed by atoms with Crippen molar-refractivity contribution in [3.8, 4) is 0 Å². The second-order valence-corrected chi connectivity index (χ2v) is 4.61. The van der Waals surface area contributed by atoms with Gasteiger partial charge in [-0.25, -0.2) is 4.79 Å². The molecule has 1 aliphatic rings. The molecule has 1 fully saturated rings. The summed E-state index contributed by atoms with van der Waals surface area (Å²) in [7, 11) is 0. The molecule has 0 spiro atoms. The van der Waals surface area contributed by atoms with Crippen LogP contribution in [0.25, 0.3) is 0 Å². The first kappa shape index (κ1) is 13.3. The lowest BCUT2D eigenvalue weighted by Gasteiger charge is -2.25. The summed E-state index contributed by atoms with van der Waals surface area (Å²) in [5.74, 6) is -2.14. The van der Waals surface area contributed by atoms with E-state index in [9.17, 15) is 24.4 Å². The summed E-state index contributed by atoms with van der Waals surface area (Å²) in [4.78, 5) is 22.8. The molecule has 0 saturated carbocycles. The Morgan fingerprint density at radius 2 is 2.26 bits per heavy atom. The average Bonchev–Trinajstić information content (AvgIpc) is 2.70. The number of hydrogen-bond donors (Lipinski definition) is 1. The minimum atomic E-state index is -1.05. The van der Waals surface area contributed by atoms with Crippen LogP contribution in [0.15, 0.2) is 18.2 Å². The molecule has 0 aliphatic carbocycles. The van der Waals surface area contributed by atoms with Crippen LogP contribution in [0.2, 0.25) is 0 Å². The zero-order valence-corrected chi connectivity index (χ0v) is 10.2. The molecule has 1 aromatic rings. The number of para-hydroxylation sites is 1. The molecule has 2 atom stereocenters. The number of nitro benzene ring substituents is 1. The lowest BCUT2D eigenvalue weighted by atomic mass is 10.0. The van der Waals surface area contributed by atoms with Crippen LogP contribution < -0.4 is 4.90 Å². The smallest absolute Gasteiger partial charge is 0.327 e. The second kappa shape index (κ2) is 4.83. The highest BCUT2D eigenvalue weighted by Crippen LogP contribution is 2.37. The van der Waals surface area contributed by atoms with Crippen LogP contribution in [0, 0.1) is 21.8 Å². The first-order chi connectivity index (χ1) is 8.93. The van der Waals surface area contributed by atoms with Crippen LogP contribution in [0.4, 0.5) is 15.8 Å². The molecule has 1 N–H and O–H groups in total. The van der Waals surface area contributed by atoms with E-state index in [0.717, 1.165) is 6.07 Å². The number of benzene rings is 1. The number of halogens is 1. The highest BCUT2D eigenvalue weighted by molar-refractivity contribution is 5.81. The number of rotatable bonds is 3. The topological polar surface area (TPSA) is 83.7 Å². The molecule has 0 aromatic heterocycles. The van der Waals surface area contributed by atoms with Crippen LogP contribution >= 0.6 is 0 Å². The predicted molar refractivity (Wildman–Crippen MR) is 65.6 cm³/mol. The molecule has 0 radical (unpaired) electrons. The minimum Gasteiger partial charge on any atom is -0.480 e. The van der Waals surface area contributed by atoms with E-state index in [1.54, 1.807) is 6.92 Å². The second-order valence-electron chi connectivity index (χ2n) is 4.61. The molecule has 19 heavy (non-hydrogen) atoms. The van der Waals surface area contributed by atoms with Crippen LogP contribution in [0.1, 0.15) is 13.3 Å². The molecule has 2 rings (SSSR count). The number of carboxylic acid groups (broad SMARTS) is 1. The first-order valence-corrected chi connectivity index (χ1v) is 5.86. The zero-order valence-electron chi connectivity index (χ0n) is 10.2. The molecule has 1 aliphatic heterocycles. The van der Waals surface area contributed by atoms with Gasteiger partial charge in [0, 0.05) is 6.54 Å². The fourth-order valence-electron chi connectivity index (χ4n) is 2.51. The standard InChI is InChI=1S/C12H13FN2O4/c1-7-5-6-14(10(7)12(16)17)9-4-2-3-8(13)11(9)15(18)19/h2-4,7,10H,5-6H2,1H3,(H,16,17). The number of aliphatic carboxylic acids is 1. The average molecular weight is 268 g/mol. The van der Waals surface area contributed by atoms with Crippen molar-refractivity contribution in [1.82, 2.24) is 0 Å². The maximum absolute atomic E-state index is 13.6. The van der Waals surface area contributed by atoms with Crippen molar-refractivity contribution in [2.45, 2.75) is 19.4 Å². The van der Waals surface area contributed by atoms with Gasteiger partial charge in [0.15, 0.2) is 0 Å². The van der Waals surface area contributed by atoms with Crippen LogP contribution in [-0.4, -0.2) is 28.6 Å². The van der Waals surface area contributed by atoms with E-state index in [4.69, 9.17) is 0 Å². The van der Waals surface area contributed by atoms with Gasteiger partial charge in [0.2, 0.25) is 5.82 Å². The summed E-state index contributed by atoms with van der Waals surface area (Å²) in [6.07, 6.45) is 0.602. The van der Waals surface area contributed by atoms with Crippen molar-refractivity contribution in [2.75, 3.05) is 11.4 Å². The summed E-state index contributed by atoms with van der Waals surface area (Å²) < 4.78 is 13.6. The van der Waals surface area contributed by atoms with E-state index in [1.807, 2.05) is 0 Å². The molecule has 6 nitrogen and oxygen atoms in total. The number of carbonyl (C=O) groups is 1. The van der Waals surface area contributed by atoms with Gasteiger partial charge in [0.1, 0.15) is 11.7 Å². The Hall–Kier alpha value is -2.18. The number of hydrogen-bond acceptors (Lipinski definition) is 4. The number of nitro groups is 1. The number of anilines is 1. The highest BCUT2D eigenvalue weighted by atomic mass is 19.1. The Bertz CT molecular complexity index is 534. The molecule has 0 bridgehead atoms. The van der Waals surface area contributed by atoms with Crippen LogP contribution in [-0.2, 0) is 4.79 Å². The van der Waals surface area contributed by atoms with Gasteiger partial charge in [0.25, 0.3) is 0 Å². The van der Waals surface area contributed by atoms with Crippen molar-refractivity contribution < 1.29 is 19.2 Å². The van der Waals surface area contributed by atoms with Crippen molar-refractivity contribution in [3.63, 3.8) is 0 Å². The summed E-state index contributed by atoms with van der Waals surface area (Å²) >= 11 is 0. The Morgan fingerprint density at radius 1 is 1.58 bits per heavy atom. The van der Waals surface area contributed by atoms with E-state index in [1.165, 1.54) is 17.0 Å². The highest BCUT2D eigenvalue weighted by Gasteiger charge is 2.40. The van der Waals surface area contributed by atoms with E-state index in [0.29, 0.717) is 13.0 Å². The van der Waals surface area contributed by atoms with Crippen molar-refractivity contribution in [2.24, 2.45) is 5.92 Å². The van der Waals surface area contributed by atoms with Crippen molar-refractivity contribution in [3.05, 3.63) is 34.1 Å². The molecule has 2 unspecified atom stereocenters. The molecular weight excluding hydrogens is 255 g/mol.